The highest BCUT2D eigenvalue weighted by atomic mass is 32.1. The molecule has 0 radical (unpaired) electrons. The molecule has 0 spiro atoms. The first-order chi connectivity index (χ1) is 17.8. The van der Waals surface area contributed by atoms with Crippen LogP contribution in [0.15, 0.2) is 47.8 Å². The van der Waals surface area contributed by atoms with Gasteiger partial charge in [-0.1, -0.05) is 18.9 Å². The third-order valence-electron chi connectivity index (χ3n) is 6.08. The lowest BCUT2D eigenvalue weighted by molar-refractivity contribution is -0.384. The summed E-state index contributed by atoms with van der Waals surface area (Å²) in [6.07, 6.45) is 3.34. The van der Waals surface area contributed by atoms with Gasteiger partial charge in [-0.05, 0) is 62.1 Å². The minimum atomic E-state index is -0.498. The molecule has 0 saturated heterocycles. The van der Waals surface area contributed by atoms with E-state index in [0.717, 1.165) is 42.6 Å². The number of nitrogens with zero attached hydrogens (tertiary/aromatic N) is 2. The van der Waals surface area contributed by atoms with Gasteiger partial charge in [0, 0.05) is 29.2 Å². The Kier molecular flexibility index (Phi) is 8.34. The van der Waals surface area contributed by atoms with Crippen LogP contribution in [-0.4, -0.2) is 33.9 Å². The Hall–Kier alpha value is -3.99. The standard InChI is InChI=1S/C26H29N5O5S/c1-16-11-17(2)13-20(12-16)36-14-24-28-23(15-37-24)25(32)29-21-5-3-4-6-22(21)30-26(33)27-18-7-9-19(10-8-18)31(34)35/h7-13,15,21-22H,3-6,14H2,1-2H3,(H,29,32)(H2,27,30,33)/t21-,22+/m0/s1. The van der Waals surface area contributed by atoms with E-state index < -0.39 is 11.0 Å². The van der Waals surface area contributed by atoms with E-state index in [1.165, 1.54) is 35.6 Å². The molecule has 1 aromatic heterocycles. The van der Waals surface area contributed by atoms with Gasteiger partial charge in [0.15, 0.2) is 0 Å². The maximum absolute atomic E-state index is 12.9. The summed E-state index contributed by atoms with van der Waals surface area (Å²) in [5, 5.41) is 21.8. The van der Waals surface area contributed by atoms with Crippen LogP contribution in [-0.2, 0) is 6.61 Å². The van der Waals surface area contributed by atoms with E-state index in [4.69, 9.17) is 4.74 Å². The zero-order valence-corrected chi connectivity index (χ0v) is 21.5. The van der Waals surface area contributed by atoms with Crippen LogP contribution >= 0.6 is 11.3 Å². The van der Waals surface area contributed by atoms with Crippen molar-refractivity contribution in [1.82, 2.24) is 15.6 Å². The Bertz CT molecular complexity index is 1260. The zero-order chi connectivity index (χ0) is 26.4. The lowest BCUT2D eigenvalue weighted by Gasteiger charge is -2.32. The molecule has 37 heavy (non-hydrogen) atoms. The second kappa shape index (κ2) is 11.8. The van der Waals surface area contributed by atoms with Gasteiger partial charge in [0.05, 0.1) is 11.0 Å². The third kappa shape index (κ3) is 7.26. The number of urea groups is 1. The average molecular weight is 524 g/mol. The number of carbonyl (C=O) groups is 2. The maximum atomic E-state index is 12.9. The number of aryl methyl sites for hydroxylation is 2. The molecule has 194 valence electrons. The highest BCUT2D eigenvalue weighted by Gasteiger charge is 2.29. The second-order valence-electron chi connectivity index (χ2n) is 9.11. The average Bonchev–Trinajstić information content (AvgIpc) is 3.33. The van der Waals surface area contributed by atoms with Gasteiger partial charge < -0.3 is 20.7 Å². The SMILES string of the molecule is Cc1cc(C)cc(OCc2nc(C(=O)N[C@H]3CCCC[C@H]3NC(=O)Nc3ccc([N+](=O)[O-])cc3)cs2)c1. The smallest absolute Gasteiger partial charge is 0.319 e. The molecule has 4 rings (SSSR count). The molecule has 2 aromatic carbocycles. The molecule has 1 heterocycles. The molecule has 2 atom stereocenters. The van der Waals surface area contributed by atoms with Gasteiger partial charge in [-0.2, -0.15) is 0 Å². The van der Waals surface area contributed by atoms with Crippen molar-refractivity contribution in [3.8, 4) is 5.75 Å². The first-order valence-corrected chi connectivity index (χ1v) is 12.9. The molecule has 0 bridgehead atoms. The predicted molar refractivity (Wildman–Crippen MR) is 141 cm³/mol. The Morgan fingerprint density at radius 2 is 1.70 bits per heavy atom. The van der Waals surface area contributed by atoms with Crippen LogP contribution in [0.4, 0.5) is 16.2 Å². The maximum Gasteiger partial charge on any atom is 0.319 e. The molecule has 3 N–H and O–H groups in total. The largest absolute Gasteiger partial charge is 0.486 e. The molecule has 1 aliphatic carbocycles. The lowest BCUT2D eigenvalue weighted by Crippen LogP contribution is -2.54. The molecule has 0 unspecified atom stereocenters. The van der Waals surface area contributed by atoms with Crippen LogP contribution in [0.3, 0.4) is 0 Å². The molecule has 11 heteroatoms. The Balaban J connectivity index is 1.31. The number of benzene rings is 2. The number of anilines is 1. The minimum absolute atomic E-state index is 0.0527. The summed E-state index contributed by atoms with van der Waals surface area (Å²) in [7, 11) is 0. The highest BCUT2D eigenvalue weighted by Crippen LogP contribution is 2.22. The van der Waals surface area contributed by atoms with Crippen LogP contribution in [0.25, 0.3) is 0 Å². The van der Waals surface area contributed by atoms with Gasteiger partial charge in [0.25, 0.3) is 11.6 Å². The Labute approximate surface area is 218 Å². The normalized spacial score (nSPS) is 17.0. The van der Waals surface area contributed by atoms with Crippen molar-refractivity contribution in [2.24, 2.45) is 0 Å². The monoisotopic (exact) mass is 523 g/mol. The summed E-state index contributed by atoms with van der Waals surface area (Å²) in [5.74, 6) is 0.477. The molecule has 1 saturated carbocycles. The number of nitrogens with one attached hydrogen (secondary N) is 3. The van der Waals surface area contributed by atoms with E-state index in [-0.39, 0.29) is 30.3 Å². The van der Waals surface area contributed by atoms with Gasteiger partial charge in [-0.3, -0.25) is 14.9 Å². The third-order valence-corrected chi connectivity index (χ3v) is 6.90. The molecule has 3 aromatic rings. The van der Waals surface area contributed by atoms with Gasteiger partial charge in [-0.25, -0.2) is 9.78 Å². The van der Waals surface area contributed by atoms with Gasteiger partial charge in [0.1, 0.15) is 23.1 Å². The van der Waals surface area contributed by atoms with Crippen LogP contribution in [0.1, 0.15) is 52.3 Å². The summed E-state index contributed by atoms with van der Waals surface area (Å²) in [6, 6.07) is 10.7. The molecule has 1 aliphatic rings. The molecule has 3 amide bonds. The van der Waals surface area contributed by atoms with E-state index in [0.29, 0.717) is 16.4 Å². The number of hydrogen-bond donors (Lipinski definition) is 3. The van der Waals surface area contributed by atoms with Crippen molar-refractivity contribution in [1.29, 1.82) is 0 Å². The Morgan fingerprint density at radius 1 is 1.05 bits per heavy atom. The number of non-ortho nitro benzene ring substituents is 1. The van der Waals surface area contributed by atoms with E-state index in [1.807, 2.05) is 26.0 Å². The summed E-state index contributed by atoms with van der Waals surface area (Å²) in [6.45, 7) is 4.30. The highest BCUT2D eigenvalue weighted by molar-refractivity contribution is 7.09. The first kappa shape index (κ1) is 26.1. The number of aromatic nitrogens is 1. The van der Waals surface area contributed by atoms with Crippen molar-refractivity contribution < 1.29 is 19.2 Å². The number of amides is 3. The van der Waals surface area contributed by atoms with E-state index in [9.17, 15) is 19.7 Å². The molecular weight excluding hydrogens is 494 g/mol. The zero-order valence-electron chi connectivity index (χ0n) is 20.7. The summed E-state index contributed by atoms with van der Waals surface area (Å²) >= 11 is 1.36. The van der Waals surface area contributed by atoms with E-state index >= 15 is 0 Å². The fourth-order valence-electron chi connectivity index (χ4n) is 4.36. The molecule has 10 nitrogen and oxygen atoms in total. The van der Waals surface area contributed by atoms with Crippen LogP contribution in [0.5, 0.6) is 5.75 Å². The van der Waals surface area contributed by atoms with E-state index in [2.05, 4.69) is 27.0 Å². The lowest BCUT2D eigenvalue weighted by atomic mass is 9.90. The fraction of sp³-hybridized carbons (Fsp3) is 0.346. The van der Waals surface area contributed by atoms with Crippen molar-refractivity contribution in [2.75, 3.05) is 5.32 Å². The van der Waals surface area contributed by atoms with Crippen LogP contribution in [0, 0.1) is 24.0 Å². The number of nitro benzene ring substituents is 1. The van der Waals surface area contributed by atoms with Crippen LogP contribution in [0.2, 0.25) is 0 Å². The number of rotatable bonds is 8. The molecule has 0 aliphatic heterocycles. The number of thiazole rings is 1. The van der Waals surface area contributed by atoms with Crippen molar-refractivity contribution >= 4 is 34.6 Å². The number of ether oxygens (including phenoxy) is 1. The number of nitro groups is 1. The first-order valence-electron chi connectivity index (χ1n) is 12.0. The second-order valence-corrected chi connectivity index (χ2v) is 10.1. The molecule has 1 fully saturated rings. The van der Waals surface area contributed by atoms with Crippen LogP contribution < -0.4 is 20.7 Å². The summed E-state index contributed by atoms with van der Waals surface area (Å²) < 4.78 is 5.85. The Morgan fingerprint density at radius 3 is 2.35 bits per heavy atom. The van der Waals surface area contributed by atoms with Crippen molar-refractivity contribution in [2.45, 2.75) is 58.2 Å². The quantitative estimate of drug-likeness (QED) is 0.277. The van der Waals surface area contributed by atoms with Gasteiger partial charge in [0.2, 0.25) is 0 Å². The van der Waals surface area contributed by atoms with Crippen molar-refractivity contribution in [3.63, 3.8) is 0 Å². The van der Waals surface area contributed by atoms with Gasteiger partial charge in [-0.15, -0.1) is 11.3 Å². The fourth-order valence-corrected chi connectivity index (χ4v) is 5.05. The predicted octanol–water partition coefficient (Wildman–Crippen LogP) is 5.11. The number of carbonyl (C=O) groups excluding carboxylic acids is 2. The topological polar surface area (TPSA) is 135 Å². The van der Waals surface area contributed by atoms with Crippen molar-refractivity contribution in [3.05, 3.63) is 79.8 Å². The summed E-state index contributed by atoms with van der Waals surface area (Å²) in [4.78, 5) is 40.2. The number of hydrogen-bond acceptors (Lipinski definition) is 7. The summed E-state index contributed by atoms with van der Waals surface area (Å²) in [5.41, 5.74) is 2.95. The van der Waals surface area contributed by atoms with Gasteiger partial charge >= 0.3 is 6.03 Å². The molecular formula is C26H29N5O5S. The minimum Gasteiger partial charge on any atom is -0.486 e. The van der Waals surface area contributed by atoms with E-state index in [1.54, 1.807) is 5.38 Å².